The van der Waals surface area contributed by atoms with Gasteiger partial charge in [0.25, 0.3) is 5.91 Å². The van der Waals surface area contributed by atoms with Crippen LogP contribution in [-0.2, 0) is 16.4 Å². The van der Waals surface area contributed by atoms with Gasteiger partial charge in [-0.2, -0.15) is 4.31 Å². The van der Waals surface area contributed by atoms with E-state index in [2.05, 4.69) is 12.2 Å². The largest absolute Gasteiger partial charge is 0.322 e. The normalized spacial score (nSPS) is 14.9. The van der Waals surface area contributed by atoms with Crippen LogP contribution in [0.15, 0.2) is 47.4 Å². The summed E-state index contributed by atoms with van der Waals surface area (Å²) in [5, 5.41) is 2.95. The lowest BCUT2D eigenvalue weighted by Crippen LogP contribution is -2.28. The molecule has 1 saturated heterocycles. The fourth-order valence-corrected chi connectivity index (χ4v) is 5.27. The Morgan fingerprint density at radius 1 is 1.11 bits per heavy atom. The first-order valence-corrected chi connectivity index (χ1v) is 11.4. The molecule has 1 N–H and O–H groups in total. The van der Waals surface area contributed by atoms with Crippen molar-refractivity contribution in [3.8, 4) is 0 Å². The van der Waals surface area contributed by atoms with Crippen LogP contribution in [0.25, 0.3) is 0 Å². The second-order valence-electron chi connectivity index (χ2n) is 7.01. The van der Waals surface area contributed by atoms with E-state index in [4.69, 9.17) is 11.6 Å². The van der Waals surface area contributed by atoms with Crippen molar-refractivity contribution in [2.75, 3.05) is 18.4 Å². The molecule has 0 radical (unpaired) electrons. The monoisotopic (exact) mass is 420 g/mol. The van der Waals surface area contributed by atoms with Crippen molar-refractivity contribution in [3.63, 3.8) is 0 Å². The fourth-order valence-electron chi connectivity index (χ4n) is 3.25. The van der Waals surface area contributed by atoms with Crippen molar-refractivity contribution >= 4 is 33.2 Å². The Bertz CT molecular complexity index is 937. The first-order chi connectivity index (χ1) is 13.4. The molecule has 0 aliphatic carbocycles. The summed E-state index contributed by atoms with van der Waals surface area (Å²) in [4.78, 5) is 12.6. The lowest BCUT2D eigenvalue weighted by Gasteiger charge is -2.17. The van der Waals surface area contributed by atoms with Gasteiger partial charge in [-0.05, 0) is 61.6 Å². The van der Waals surface area contributed by atoms with Crippen molar-refractivity contribution in [1.29, 1.82) is 0 Å². The number of carbonyl (C=O) groups is 1. The zero-order valence-electron chi connectivity index (χ0n) is 15.9. The van der Waals surface area contributed by atoms with Crippen LogP contribution in [-0.4, -0.2) is 31.7 Å². The number of carbonyl (C=O) groups excluding carboxylic acids is 1. The molecule has 1 amide bonds. The summed E-state index contributed by atoms with van der Waals surface area (Å²) in [6.07, 6.45) is 4.96. The molecule has 0 saturated carbocycles. The lowest BCUT2D eigenvalue weighted by atomic mass is 10.1. The van der Waals surface area contributed by atoms with E-state index in [1.165, 1.54) is 28.1 Å². The zero-order valence-corrected chi connectivity index (χ0v) is 17.5. The summed E-state index contributed by atoms with van der Waals surface area (Å²) < 4.78 is 27.1. The van der Waals surface area contributed by atoms with Gasteiger partial charge in [0.2, 0.25) is 10.0 Å². The highest BCUT2D eigenvalue weighted by atomic mass is 35.5. The van der Waals surface area contributed by atoms with Crippen molar-refractivity contribution in [1.82, 2.24) is 4.31 Å². The Morgan fingerprint density at radius 3 is 2.43 bits per heavy atom. The molecule has 2 aromatic carbocycles. The molecule has 1 aliphatic rings. The summed E-state index contributed by atoms with van der Waals surface area (Å²) in [5.41, 5.74) is 2.16. The van der Waals surface area contributed by atoms with E-state index in [1.54, 1.807) is 0 Å². The summed E-state index contributed by atoms with van der Waals surface area (Å²) in [7, 11) is -3.69. The number of aryl methyl sites for hydroxylation is 1. The highest BCUT2D eigenvalue weighted by Crippen LogP contribution is 2.28. The minimum atomic E-state index is -3.69. The molecule has 3 rings (SSSR count). The van der Waals surface area contributed by atoms with Gasteiger partial charge in [0.05, 0.1) is 5.02 Å². The standard InChI is InChI=1S/C21H25ClN2O3S/c1-2-3-6-16-7-10-18(11-8-16)23-21(25)17-9-12-19(22)20(15-17)28(26,27)24-13-4-5-14-24/h7-12,15H,2-6,13-14H2,1H3,(H,23,25). The second kappa shape index (κ2) is 9.07. The van der Waals surface area contributed by atoms with Gasteiger partial charge in [-0.1, -0.05) is 37.1 Å². The van der Waals surface area contributed by atoms with Gasteiger partial charge in [0.15, 0.2) is 0 Å². The highest BCUT2D eigenvalue weighted by molar-refractivity contribution is 7.89. The Balaban J connectivity index is 1.77. The number of hydrogen-bond acceptors (Lipinski definition) is 3. The SMILES string of the molecule is CCCCc1ccc(NC(=O)c2ccc(Cl)c(S(=O)(=O)N3CCCC3)c2)cc1. The Hall–Kier alpha value is -1.89. The molecule has 1 fully saturated rings. The number of nitrogens with zero attached hydrogens (tertiary/aromatic N) is 1. The maximum Gasteiger partial charge on any atom is 0.255 e. The van der Waals surface area contributed by atoms with Gasteiger partial charge in [0, 0.05) is 24.3 Å². The number of amides is 1. The Kier molecular flexibility index (Phi) is 6.75. The number of rotatable bonds is 7. The smallest absolute Gasteiger partial charge is 0.255 e. The number of hydrogen-bond donors (Lipinski definition) is 1. The third kappa shape index (κ3) is 4.74. The summed E-state index contributed by atoms with van der Waals surface area (Å²) >= 11 is 6.15. The van der Waals surface area contributed by atoms with E-state index in [1.807, 2.05) is 24.3 Å². The van der Waals surface area contributed by atoms with Crippen molar-refractivity contribution in [2.45, 2.75) is 43.9 Å². The third-order valence-corrected chi connectivity index (χ3v) is 7.29. The van der Waals surface area contributed by atoms with Crippen LogP contribution >= 0.6 is 11.6 Å². The molecular formula is C21H25ClN2O3S. The average molecular weight is 421 g/mol. The summed E-state index contributed by atoms with van der Waals surface area (Å²) in [6.45, 7) is 3.12. The zero-order chi connectivity index (χ0) is 20.1. The maximum absolute atomic E-state index is 12.8. The fraction of sp³-hybridized carbons (Fsp3) is 0.381. The molecule has 0 spiro atoms. The third-order valence-electron chi connectivity index (χ3n) is 4.91. The van der Waals surface area contributed by atoms with Crippen molar-refractivity contribution in [2.24, 2.45) is 0 Å². The van der Waals surface area contributed by atoms with Crippen LogP contribution in [0.3, 0.4) is 0 Å². The second-order valence-corrected chi connectivity index (χ2v) is 9.32. The molecule has 28 heavy (non-hydrogen) atoms. The minimum Gasteiger partial charge on any atom is -0.322 e. The number of sulfonamides is 1. The van der Waals surface area contributed by atoms with Gasteiger partial charge in [-0.15, -0.1) is 0 Å². The Labute approximate surface area is 171 Å². The molecule has 1 heterocycles. The minimum absolute atomic E-state index is 0.0152. The molecule has 150 valence electrons. The van der Waals surface area contributed by atoms with Gasteiger partial charge in [-0.25, -0.2) is 8.42 Å². The first-order valence-electron chi connectivity index (χ1n) is 9.62. The predicted octanol–water partition coefficient (Wildman–Crippen LogP) is 4.72. The highest BCUT2D eigenvalue weighted by Gasteiger charge is 2.29. The molecule has 0 bridgehead atoms. The van der Waals surface area contributed by atoms with Crippen LogP contribution in [0.1, 0.15) is 48.5 Å². The van der Waals surface area contributed by atoms with Gasteiger partial charge < -0.3 is 5.32 Å². The molecule has 7 heteroatoms. The predicted molar refractivity (Wildman–Crippen MR) is 112 cm³/mol. The van der Waals surface area contributed by atoms with E-state index in [0.29, 0.717) is 18.8 Å². The number of nitrogens with one attached hydrogen (secondary N) is 1. The van der Waals surface area contributed by atoms with Crippen LogP contribution in [0, 0.1) is 0 Å². The molecular weight excluding hydrogens is 396 g/mol. The van der Waals surface area contributed by atoms with Crippen LogP contribution in [0.2, 0.25) is 5.02 Å². The lowest BCUT2D eigenvalue weighted by molar-refractivity contribution is 0.102. The number of benzene rings is 2. The van der Waals surface area contributed by atoms with Gasteiger partial charge in [-0.3, -0.25) is 4.79 Å². The van der Waals surface area contributed by atoms with Crippen LogP contribution in [0.4, 0.5) is 5.69 Å². The quantitative estimate of drug-likeness (QED) is 0.704. The number of unbranched alkanes of at least 4 members (excludes halogenated alkanes) is 1. The van der Waals surface area contributed by atoms with E-state index >= 15 is 0 Å². The molecule has 0 aromatic heterocycles. The molecule has 1 aliphatic heterocycles. The van der Waals surface area contributed by atoms with E-state index < -0.39 is 10.0 Å². The van der Waals surface area contributed by atoms with Crippen LogP contribution in [0.5, 0.6) is 0 Å². The van der Waals surface area contributed by atoms with Gasteiger partial charge >= 0.3 is 0 Å². The molecule has 5 nitrogen and oxygen atoms in total. The van der Waals surface area contributed by atoms with Gasteiger partial charge in [0.1, 0.15) is 4.90 Å². The Morgan fingerprint density at radius 2 is 1.79 bits per heavy atom. The average Bonchev–Trinajstić information content (AvgIpc) is 3.23. The van der Waals surface area contributed by atoms with Crippen LogP contribution < -0.4 is 5.32 Å². The van der Waals surface area contributed by atoms with E-state index in [-0.39, 0.29) is 21.4 Å². The summed E-state index contributed by atoms with van der Waals surface area (Å²) in [6, 6.07) is 12.1. The topological polar surface area (TPSA) is 66.5 Å². The maximum atomic E-state index is 12.8. The first kappa shape index (κ1) is 20.8. The molecule has 2 aromatic rings. The van der Waals surface area contributed by atoms with Crippen molar-refractivity contribution in [3.05, 3.63) is 58.6 Å². The number of halogens is 1. The molecule has 0 atom stereocenters. The summed E-state index contributed by atoms with van der Waals surface area (Å²) in [5.74, 6) is -0.365. The van der Waals surface area contributed by atoms with E-state index in [9.17, 15) is 13.2 Å². The number of anilines is 1. The van der Waals surface area contributed by atoms with Crippen molar-refractivity contribution < 1.29 is 13.2 Å². The molecule has 0 unspecified atom stereocenters. The van der Waals surface area contributed by atoms with E-state index in [0.717, 1.165) is 32.1 Å².